The highest BCUT2D eigenvalue weighted by atomic mass is 127. The second-order valence-electron chi connectivity index (χ2n) is 7.09. The molecule has 0 bridgehead atoms. The Morgan fingerprint density at radius 1 is 1.09 bits per heavy atom. The van der Waals surface area contributed by atoms with Gasteiger partial charge in [0.05, 0.1) is 15.6 Å². The molecule has 0 spiro atoms. The molecule has 1 aliphatic heterocycles. The molecule has 3 aromatic carbocycles. The predicted octanol–water partition coefficient (Wildman–Crippen LogP) is 6.25. The van der Waals surface area contributed by atoms with Crippen LogP contribution in [0, 0.1) is 3.57 Å². The molecule has 0 saturated carbocycles. The first kappa shape index (κ1) is 22.4. The Bertz CT molecular complexity index is 1250. The smallest absolute Gasteiger partial charge is 0.293 e. The van der Waals surface area contributed by atoms with Gasteiger partial charge in [0.15, 0.2) is 11.5 Å². The number of nitrogens with zero attached hydrogens (tertiary/aromatic N) is 1. The topological polar surface area (TPSA) is 55.8 Å². The van der Waals surface area contributed by atoms with E-state index in [0.29, 0.717) is 23.0 Å². The molecule has 0 aliphatic carbocycles. The van der Waals surface area contributed by atoms with Crippen molar-refractivity contribution in [2.45, 2.75) is 6.61 Å². The maximum atomic E-state index is 12.5. The number of imide groups is 1. The second kappa shape index (κ2) is 9.79. The summed E-state index contributed by atoms with van der Waals surface area (Å²) in [5.41, 5.74) is 1.81. The monoisotopic (exact) mass is 557 g/mol. The van der Waals surface area contributed by atoms with Gasteiger partial charge in [-0.25, -0.2) is 0 Å². The molecule has 7 heteroatoms. The van der Waals surface area contributed by atoms with Crippen molar-refractivity contribution in [1.29, 1.82) is 0 Å². The number of thioether (sulfide) groups is 1. The summed E-state index contributed by atoms with van der Waals surface area (Å²) in [6, 6.07) is 18.2. The molecule has 5 nitrogen and oxygen atoms in total. The third kappa shape index (κ3) is 4.68. The third-order valence-corrected chi connectivity index (χ3v) is 6.64. The minimum Gasteiger partial charge on any atom is -0.493 e. The van der Waals surface area contributed by atoms with Crippen molar-refractivity contribution in [3.8, 4) is 11.5 Å². The van der Waals surface area contributed by atoms with Gasteiger partial charge in [0.25, 0.3) is 11.1 Å². The van der Waals surface area contributed by atoms with Gasteiger partial charge in [0, 0.05) is 6.54 Å². The summed E-state index contributed by atoms with van der Waals surface area (Å²) < 4.78 is 12.5. The number of halogens is 1. The van der Waals surface area contributed by atoms with Gasteiger partial charge in [0.1, 0.15) is 6.61 Å². The van der Waals surface area contributed by atoms with E-state index in [2.05, 4.69) is 59.5 Å². The zero-order valence-electron chi connectivity index (χ0n) is 17.3. The van der Waals surface area contributed by atoms with Crippen molar-refractivity contribution in [3.05, 3.63) is 86.9 Å². The van der Waals surface area contributed by atoms with E-state index in [1.54, 1.807) is 19.3 Å². The molecule has 0 atom stereocenters. The van der Waals surface area contributed by atoms with Crippen molar-refractivity contribution < 1.29 is 19.1 Å². The lowest BCUT2D eigenvalue weighted by Gasteiger charge is -2.14. The van der Waals surface area contributed by atoms with Crippen molar-refractivity contribution in [1.82, 2.24) is 4.90 Å². The number of carbonyl (C=O) groups is 2. The highest BCUT2D eigenvalue weighted by Gasteiger charge is 2.34. The van der Waals surface area contributed by atoms with Crippen LogP contribution in [0.4, 0.5) is 4.79 Å². The van der Waals surface area contributed by atoms with Crippen LogP contribution in [0.3, 0.4) is 0 Å². The zero-order chi connectivity index (χ0) is 22.7. The first-order chi connectivity index (χ1) is 15.5. The Balaban J connectivity index is 1.56. The molecule has 4 rings (SSSR count). The molecule has 0 unspecified atom stereocenters. The van der Waals surface area contributed by atoms with E-state index in [1.165, 1.54) is 16.4 Å². The van der Waals surface area contributed by atoms with Crippen LogP contribution in [-0.4, -0.2) is 29.7 Å². The lowest BCUT2D eigenvalue weighted by molar-refractivity contribution is -0.122. The second-order valence-corrected chi connectivity index (χ2v) is 9.24. The van der Waals surface area contributed by atoms with Gasteiger partial charge in [-0.3, -0.25) is 14.5 Å². The largest absolute Gasteiger partial charge is 0.493 e. The van der Waals surface area contributed by atoms with Gasteiger partial charge in [-0.2, -0.15) is 0 Å². The summed E-state index contributed by atoms with van der Waals surface area (Å²) in [4.78, 5) is 26.1. The van der Waals surface area contributed by atoms with Gasteiger partial charge >= 0.3 is 0 Å². The molecule has 162 valence electrons. The van der Waals surface area contributed by atoms with Gasteiger partial charge in [-0.05, 0) is 80.5 Å². The highest BCUT2D eigenvalue weighted by Crippen LogP contribution is 2.37. The molecule has 3 aromatic rings. The number of fused-ring (bicyclic) bond motifs is 1. The fraction of sp³-hybridized carbons (Fsp3) is 0.120. The molecule has 1 fully saturated rings. The minimum absolute atomic E-state index is 0.199. The molecule has 2 amide bonds. The Morgan fingerprint density at radius 2 is 1.88 bits per heavy atom. The van der Waals surface area contributed by atoms with E-state index >= 15 is 0 Å². The summed E-state index contributed by atoms with van der Waals surface area (Å²) >= 11 is 3.11. The third-order valence-electron chi connectivity index (χ3n) is 4.93. The van der Waals surface area contributed by atoms with Crippen molar-refractivity contribution in [2.24, 2.45) is 0 Å². The van der Waals surface area contributed by atoms with E-state index in [4.69, 9.17) is 9.47 Å². The molecular formula is C25H20INO4S. The van der Waals surface area contributed by atoms with E-state index in [0.717, 1.165) is 31.8 Å². The normalized spacial score (nSPS) is 14.9. The van der Waals surface area contributed by atoms with Crippen LogP contribution in [0.2, 0.25) is 0 Å². The van der Waals surface area contributed by atoms with E-state index < -0.39 is 0 Å². The molecule has 1 saturated heterocycles. The number of hydrogen-bond donors (Lipinski definition) is 0. The molecule has 32 heavy (non-hydrogen) atoms. The number of methoxy groups -OCH3 is 1. The fourth-order valence-corrected chi connectivity index (χ4v) is 5.01. The quantitative estimate of drug-likeness (QED) is 0.195. The predicted molar refractivity (Wildman–Crippen MR) is 137 cm³/mol. The SMILES string of the molecule is C=CCN1C(=O)S/C(=C/c2cc(I)c(OCc3ccc4ccccc4c3)c(OC)c2)C1=O. The fourth-order valence-electron chi connectivity index (χ4n) is 3.39. The zero-order valence-corrected chi connectivity index (χ0v) is 20.3. The standard InChI is InChI=1S/C25H20INO4S/c1-3-10-27-24(28)22(32-25(27)29)14-17-12-20(26)23(21(13-17)30-2)31-15-16-8-9-18-6-4-5-7-19(18)11-16/h3-9,11-14H,1,10,15H2,2H3/b22-14+. The lowest BCUT2D eigenvalue weighted by atomic mass is 10.1. The van der Waals surface area contributed by atoms with Crippen molar-refractivity contribution in [3.63, 3.8) is 0 Å². The Kier molecular flexibility index (Phi) is 6.86. The summed E-state index contributed by atoms with van der Waals surface area (Å²) in [7, 11) is 1.58. The number of hydrogen-bond acceptors (Lipinski definition) is 5. The summed E-state index contributed by atoms with van der Waals surface area (Å²) in [6.45, 7) is 4.19. The number of carbonyl (C=O) groups excluding carboxylic acids is 2. The lowest BCUT2D eigenvalue weighted by Crippen LogP contribution is -2.27. The molecule has 0 N–H and O–H groups in total. The summed E-state index contributed by atoms with van der Waals surface area (Å²) in [5.74, 6) is 0.887. The van der Waals surface area contributed by atoms with E-state index in [9.17, 15) is 9.59 Å². The Hall–Kier alpha value is -2.78. The summed E-state index contributed by atoms with van der Waals surface area (Å²) in [6.07, 6.45) is 3.23. The van der Waals surface area contributed by atoms with Gasteiger partial charge < -0.3 is 9.47 Å². The van der Waals surface area contributed by atoms with Gasteiger partial charge in [-0.15, -0.1) is 6.58 Å². The number of ether oxygens (including phenoxy) is 2. The Labute approximate surface area is 204 Å². The van der Waals surface area contributed by atoms with Crippen molar-refractivity contribution in [2.75, 3.05) is 13.7 Å². The summed E-state index contributed by atoms with van der Waals surface area (Å²) in [5, 5.41) is 2.06. The van der Waals surface area contributed by atoms with Crippen LogP contribution < -0.4 is 9.47 Å². The number of amides is 2. The van der Waals surface area contributed by atoms with E-state index in [1.807, 2.05) is 18.2 Å². The van der Waals surface area contributed by atoms with Crippen LogP contribution in [0.1, 0.15) is 11.1 Å². The molecular weight excluding hydrogens is 537 g/mol. The van der Waals surface area contributed by atoms with Gasteiger partial charge in [0.2, 0.25) is 0 Å². The first-order valence-electron chi connectivity index (χ1n) is 9.84. The van der Waals surface area contributed by atoms with Gasteiger partial charge in [-0.1, -0.05) is 42.5 Å². The average Bonchev–Trinajstić information content (AvgIpc) is 3.05. The Morgan fingerprint density at radius 3 is 2.62 bits per heavy atom. The number of benzene rings is 3. The maximum Gasteiger partial charge on any atom is 0.293 e. The first-order valence-corrected chi connectivity index (χ1v) is 11.7. The van der Waals surface area contributed by atoms with Crippen LogP contribution in [0.15, 0.2) is 72.2 Å². The van der Waals surface area contributed by atoms with Crippen molar-refractivity contribution >= 4 is 62.3 Å². The minimum atomic E-state index is -0.314. The average molecular weight is 557 g/mol. The molecule has 1 heterocycles. The molecule has 1 aliphatic rings. The van der Waals surface area contributed by atoms with Crippen LogP contribution in [0.25, 0.3) is 16.8 Å². The van der Waals surface area contributed by atoms with Crippen LogP contribution in [-0.2, 0) is 11.4 Å². The van der Waals surface area contributed by atoms with Crippen LogP contribution >= 0.6 is 34.4 Å². The maximum absolute atomic E-state index is 12.5. The highest BCUT2D eigenvalue weighted by molar-refractivity contribution is 14.1. The van der Waals surface area contributed by atoms with E-state index in [-0.39, 0.29) is 17.7 Å². The number of rotatable bonds is 7. The molecule has 0 aromatic heterocycles. The molecule has 0 radical (unpaired) electrons. The van der Waals surface area contributed by atoms with Crippen LogP contribution in [0.5, 0.6) is 11.5 Å².